The zero-order chi connectivity index (χ0) is 16.3. The van der Waals surface area contributed by atoms with E-state index < -0.39 is 10.0 Å². The van der Waals surface area contributed by atoms with E-state index >= 15 is 0 Å². The van der Waals surface area contributed by atoms with Gasteiger partial charge in [0, 0.05) is 13.1 Å². The molecule has 1 aliphatic rings. The number of likely N-dealkylation sites (tertiary alicyclic amines) is 1. The summed E-state index contributed by atoms with van der Waals surface area (Å²) in [6.45, 7) is 3.41. The summed E-state index contributed by atoms with van der Waals surface area (Å²) in [7, 11) is -3.51. The summed E-state index contributed by atoms with van der Waals surface area (Å²) in [6.07, 6.45) is 2.49. The minimum Gasteiger partial charge on any atom is -0.299 e. The van der Waals surface area contributed by atoms with Crippen LogP contribution in [0.25, 0.3) is 0 Å². The van der Waals surface area contributed by atoms with Crippen molar-refractivity contribution in [1.82, 2.24) is 9.62 Å². The number of sulfonamides is 1. The number of hydrogen-bond donors (Lipinski definition) is 1. The predicted molar refractivity (Wildman–Crippen MR) is 94.3 cm³/mol. The van der Waals surface area contributed by atoms with Crippen molar-refractivity contribution in [2.24, 2.45) is 0 Å². The van der Waals surface area contributed by atoms with Crippen LogP contribution in [-0.4, -0.2) is 26.4 Å². The topological polar surface area (TPSA) is 49.4 Å². The van der Waals surface area contributed by atoms with E-state index in [0.717, 1.165) is 36.5 Å². The van der Waals surface area contributed by atoms with Crippen LogP contribution in [0.4, 0.5) is 0 Å². The molecule has 0 amide bonds. The molecule has 23 heavy (non-hydrogen) atoms. The molecule has 0 radical (unpaired) electrons. The summed E-state index contributed by atoms with van der Waals surface area (Å²) < 4.78 is 28.0. The number of nitrogens with zero attached hydrogens (tertiary/aromatic N) is 1. The Morgan fingerprint density at radius 3 is 2.43 bits per heavy atom. The Balaban J connectivity index is 1.70. The van der Waals surface area contributed by atoms with Gasteiger partial charge < -0.3 is 0 Å². The SMILES string of the molecule is O=S(=O)(NCc1ccccc1CN1CCCC1)c1ccc(Cl)s1. The molecule has 1 fully saturated rings. The summed E-state index contributed by atoms with van der Waals surface area (Å²) in [5.41, 5.74) is 2.20. The van der Waals surface area contributed by atoms with E-state index in [0.29, 0.717) is 10.9 Å². The van der Waals surface area contributed by atoms with Crippen molar-refractivity contribution in [3.63, 3.8) is 0 Å². The van der Waals surface area contributed by atoms with Gasteiger partial charge in [-0.2, -0.15) is 0 Å². The minimum absolute atomic E-state index is 0.250. The van der Waals surface area contributed by atoms with Crippen LogP contribution in [0.1, 0.15) is 24.0 Å². The third kappa shape index (κ3) is 4.33. The molecule has 2 aromatic rings. The Hall–Kier alpha value is -0.920. The molecule has 0 unspecified atom stereocenters. The smallest absolute Gasteiger partial charge is 0.250 e. The maximum absolute atomic E-state index is 12.3. The van der Waals surface area contributed by atoms with Crippen molar-refractivity contribution in [1.29, 1.82) is 0 Å². The van der Waals surface area contributed by atoms with Gasteiger partial charge >= 0.3 is 0 Å². The highest BCUT2D eigenvalue weighted by Gasteiger charge is 2.18. The Kier molecular flexibility index (Phi) is 5.38. The third-order valence-electron chi connectivity index (χ3n) is 3.98. The number of hydrogen-bond acceptors (Lipinski definition) is 4. The van der Waals surface area contributed by atoms with Gasteiger partial charge in [0.05, 0.1) is 4.34 Å². The zero-order valence-corrected chi connectivity index (χ0v) is 15.1. The van der Waals surface area contributed by atoms with Crippen molar-refractivity contribution in [2.75, 3.05) is 13.1 Å². The quantitative estimate of drug-likeness (QED) is 0.846. The van der Waals surface area contributed by atoms with Gasteiger partial charge in [-0.3, -0.25) is 4.90 Å². The first-order valence-electron chi connectivity index (χ1n) is 7.59. The molecule has 3 rings (SSSR count). The highest BCUT2D eigenvalue weighted by atomic mass is 35.5. The van der Waals surface area contributed by atoms with E-state index in [1.54, 1.807) is 6.07 Å². The van der Waals surface area contributed by atoms with E-state index in [1.807, 2.05) is 18.2 Å². The van der Waals surface area contributed by atoms with Crippen LogP contribution < -0.4 is 4.72 Å². The Labute approximate surface area is 146 Å². The lowest BCUT2D eigenvalue weighted by Gasteiger charge is -2.17. The first-order chi connectivity index (χ1) is 11.0. The largest absolute Gasteiger partial charge is 0.299 e. The molecule has 124 valence electrons. The first-order valence-corrected chi connectivity index (χ1v) is 10.3. The molecule has 1 aromatic carbocycles. The predicted octanol–water partition coefficient (Wildman–Crippen LogP) is 3.48. The van der Waals surface area contributed by atoms with E-state index in [1.165, 1.54) is 24.5 Å². The summed E-state index contributed by atoms with van der Waals surface area (Å²) >= 11 is 6.89. The molecule has 0 aliphatic carbocycles. The molecule has 0 saturated carbocycles. The summed E-state index contributed by atoms with van der Waals surface area (Å²) in [6, 6.07) is 11.1. The maximum Gasteiger partial charge on any atom is 0.250 e. The van der Waals surface area contributed by atoms with Crippen molar-refractivity contribution in [2.45, 2.75) is 30.1 Å². The number of rotatable bonds is 6. The lowest BCUT2D eigenvalue weighted by molar-refractivity contribution is 0.330. The van der Waals surface area contributed by atoms with Gasteiger partial charge in [-0.25, -0.2) is 13.1 Å². The van der Waals surface area contributed by atoms with Crippen LogP contribution in [0, 0.1) is 0 Å². The van der Waals surface area contributed by atoms with E-state index in [2.05, 4.69) is 15.7 Å². The van der Waals surface area contributed by atoms with Gasteiger partial charge in [0.2, 0.25) is 10.0 Å². The number of nitrogens with one attached hydrogen (secondary N) is 1. The second-order valence-electron chi connectivity index (χ2n) is 5.64. The minimum atomic E-state index is -3.51. The lowest BCUT2D eigenvalue weighted by Crippen LogP contribution is -2.24. The average Bonchev–Trinajstić information content (AvgIpc) is 3.18. The molecule has 1 saturated heterocycles. The second-order valence-corrected chi connectivity index (χ2v) is 9.34. The third-order valence-corrected chi connectivity index (χ3v) is 7.10. The van der Waals surface area contributed by atoms with E-state index in [9.17, 15) is 8.42 Å². The van der Waals surface area contributed by atoms with Crippen molar-refractivity contribution in [3.8, 4) is 0 Å². The van der Waals surface area contributed by atoms with Crippen molar-refractivity contribution >= 4 is 33.0 Å². The van der Waals surface area contributed by atoms with Crippen LogP contribution in [-0.2, 0) is 23.1 Å². The van der Waals surface area contributed by atoms with Crippen molar-refractivity contribution < 1.29 is 8.42 Å². The van der Waals surface area contributed by atoms with Gasteiger partial charge in [-0.1, -0.05) is 35.9 Å². The number of halogens is 1. The molecular formula is C16H19ClN2O2S2. The zero-order valence-electron chi connectivity index (χ0n) is 12.7. The van der Waals surface area contributed by atoms with Crippen LogP contribution in [0.2, 0.25) is 4.34 Å². The van der Waals surface area contributed by atoms with Crippen LogP contribution in [0.15, 0.2) is 40.6 Å². The molecule has 1 aliphatic heterocycles. The molecule has 0 atom stereocenters. The molecule has 4 nitrogen and oxygen atoms in total. The monoisotopic (exact) mass is 370 g/mol. The molecule has 1 aromatic heterocycles. The van der Waals surface area contributed by atoms with Gasteiger partial charge in [0.15, 0.2) is 0 Å². The van der Waals surface area contributed by atoms with E-state index in [4.69, 9.17) is 11.6 Å². The fourth-order valence-electron chi connectivity index (χ4n) is 2.75. The number of benzene rings is 1. The van der Waals surface area contributed by atoms with Crippen LogP contribution in [0.5, 0.6) is 0 Å². The standard InChI is InChI=1S/C16H19ClN2O2S2/c17-15-7-8-16(22-15)23(20,21)18-11-13-5-1-2-6-14(13)12-19-9-3-4-10-19/h1-2,5-8,18H,3-4,9-12H2. The Morgan fingerprint density at radius 2 is 1.78 bits per heavy atom. The summed E-state index contributed by atoms with van der Waals surface area (Å²) in [5.74, 6) is 0. The first kappa shape index (κ1) is 16.9. The van der Waals surface area contributed by atoms with Gasteiger partial charge in [0.25, 0.3) is 0 Å². The second kappa shape index (κ2) is 7.32. The molecular weight excluding hydrogens is 352 g/mol. The lowest BCUT2D eigenvalue weighted by atomic mass is 10.1. The Morgan fingerprint density at radius 1 is 1.09 bits per heavy atom. The van der Waals surface area contributed by atoms with Crippen LogP contribution in [0.3, 0.4) is 0 Å². The molecule has 7 heteroatoms. The van der Waals surface area contributed by atoms with Crippen molar-refractivity contribution in [3.05, 3.63) is 51.9 Å². The summed E-state index contributed by atoms with van der Waals surface area (Å²) in [5, 5.41) is 0. The maximum atomic E-state index is 12.3. The van der Waals surface area contributed by atoms with Gasteiger partial charge in [-0.05, 0) is 49.2 Å². The van der Waals surface area contributed by atoms with Gasteiger partial charge in [-0.15, -0.1) is 11.3 Å². The van der Waals surface area contributed by atoms with Crippen LogP contribution >= 0.6 is 22.9 Å². The molecule has 2 heterocycles. The average molecular weight is 371 g/mol. The fourth-order valence-corrected chi connectivity index (χ4v) is 5.29. The number of thiophene rings is 1. The summed E-state index contributed by atoms with van der Waals surface area (Å²) in [4.78, 5) is 2.41. The van der Waals surface area contributed by atoms with E-state index in [-0.39, 0.29) is 4.21 Å². The van der Waals surface area contributed by atoms with Gasteiger partial charge in [0.1, 0.15) is 4.21 Å². The highest BCUT2D eigenvalue weighted by molar-refractivity contribution is 7.91. The normalized spacial score (nSPS) is 16.0. The molecule has 1 N–H and O–H groups in total. The molecule has 0 spiro atoms. The Bertz CT molecular complexity index is 768. The fraction of sp³-hybridized carbons (Fsp3) is 0.375. The highest BCUT2D eigenvalue weighted by Crippen LogP contribution is 2.25. The molecule has 0 bridgehead atoms.